The summed E-state index contributed by atoms with van der Waals surface area (Å²) in [6.07, 6.45) is 2.55. The largest absolute Gasteiger partial charge is 0.310 e. The zero-order valence-electron chi connectivity index (χ0n) is 15.2. The van der Waals surface area contributed by atoms with Crippen LogP contribution in [0.1, 0.15) is 35.6 Å². The molecule has 1 N–H and O–H groups in total. The van der Waals surface area contributed by atoms with Crippen LogP contribution in [0.2, 0.25) is 5.02 Å². The molecule has 0 amide bonds. The van der Waals surface area contributed by atoms with E-state index >= 15 is 4.39 Å². The molecule has 0 saturated heterocycles. The van der Waals surface area contributed by atoms with Gasteiger partial charge in [-0.15, -0.1) is 10.2 Å². The van der Waals surface area contributed by atoms with E-state index in [9.17, 15) is 0 Å². The monoisotopic (exact) mass is 395 g/mol. The Hall–Kier alpha value is -2.57. The first kappa shape index (κ1) is 17.5. The van der Waals surface area contributed by atoms with Gasteiger partial charge in [0.05, 0.1) is 17.9 Å². The fourth-order valence-electron chi connectivity index (χ4n) is 3.59. The van der Waals surface area contributed by atoms with Gasteiger partial charge in [-0.25, -0.2) is 4.39 Å². The third-order valence-electron chi connectivity index (χ3n) is 5.18. The van der Waals surface area contributed by atoms with Crippen LogP contribution in [0.3, 0.4) is 0 Å². The molecule has 3 aromatic rings. The Morgan fingerprint density at radius 3 is 2.71 bits per heavy atom. The smallest absolute Gasteiger partial charge is 0.159 e. The summed E-state index contributed by atoms with van der Waals surface area (Å²) >= 11 is 6.42. The van der Waals surface area contributed by atoms with Gasteiger partial charge in [-0.3, -0.25) is 9.56 Å². The van der Waals surface area contributed by atoms with Crippen molar-refractivity contribution in [3.8, 4) is 5.69 Å². The maximum Gasteiger partial charge on any atom is 0.159 e. The highest BCUT2D eigenvalue weighted by Crippen LogP contribution is 2.30. The van der Waals surface area contributed by atoms with Gasteiger partial charge in [-0.2, -0.15) is 0 Å². The number of rotatable bonds is 5. The minimum atomic E-state index is -0.330. The fraction of sp³-hybridized carbons (Fsp3) is 0.286. The van der Waals surface area contributed by atoms with Crippen molar-refractivity contribution in [3.05, 3.63) is 76.1 Å². The zero-order chi connectivity index (χ0) is 19.1. The lowest BCUT2D eigenvalue weighted by atomic mass is 10.00. The molecule has 1 saturated carbocycles. The summed E-state index contributed by atoms with van der Waals surface area (Å²) < 4.78 is 16.9. The number of fused-ring (bicyclic) bond motifs is 3. The van der Waals surface area contributed by atoms with E-state index in [1.54, 1.807) is 10.6 Å². The van der Waals surface area contributed by atoms with Gasteiger partial charge in [-0.05, 0) is 37.4 Å². The van der Waals surface area contributed by atoms with Crippen molar-refractivity contribution < 1.29 is 4.39 Å². The van der Waals surface area contributed by atoms with Crippen LogP contribution in [0.4, 0.5) is 4.39 Å². The quantitative estimate of drug-likeness (QED) is 0.712. The Kier molecular flexibility index (Phi) is 4.45. The number of hydrogen-bond acceptors (Lipinski definition) is 4. The summed E-state index contributed by atoms with van der Waals surface area (Å²) in [6, 6.07) is 12.5. The van der Waals surface area contributed by atoms with E-state index in [0.29, 0.717) is 46.7 Å². The van der Waals surface area contributed by atoms with Crippen molar-refractivity contribution in [2.24, 2.45) is 10.9 Å². The van der Waals surface area contributed by atoms with Crippen molar-refractivity contribution >= 4 is 17.3 Å². The maximum atomic E-state index is 15.1. The zero-order valence-corrected chi connectivity index (χ0v) is 16.0. The van der Waals surface area contributed by atoms with Crippen LogP contribution in [-0.4, -0.2) is 27.0 Å². The standard InChI is InChI=1S/C21H19ClFN5/c22-16-6-2-1-4-14(16)20-15-5-3-7-17(23)21(15)28-18(11-24-10-13-8-9-13)26-27-19(28)12-25-20/h1-7,13,24H,8-12H2. The van der Waals surface area contributed by atoms with Crippen LogP contribution in [0.5, 0.6) is 0 Å². The summed E-state index contributed by atoms with van der Waals surface area (Å²) in [4.78, 5) is 4.73. The Morgan fingerprint density at radius 2 is 1.89 bits per heavy atom. The van der Waals surface area contributed by atoms with Crippen LogP contribution < -0.4 is 5.32 Å². The van der Waals surface area contributed by atoms with Gasteiger partial charge >= 0.3 is 0 Å². The highest BCUT2D eigenvalue weighted by Gasteiger charge is 2.26. The van der Waals surface area contributed by atoms with E-state index in [0.717, 1.165) is 18.0 Å². The van der Waals surface area contributed by atoms with E-state index in [1.807, 2.05) is 30.3 Å². The van der Waals surface area contributed by atoms with Crippen LogP contribution in [0.25, 0.3) is 5.69 Å². The van der Waals surface area contributed by atoms with Gasteiger partial charge in [0.1, 0.15) is 12.4 Å². The Labute approximate surface area is 167 Å². The summed E-state index contributed by atoms with van der Waals surface area (Å²) in [6.45, 7) is 1.80. The predicted molar refractivity (Wildman–Crippen MR) is 107 cm³/mol. The van der Waals surface area contributed by atoms with Gasteiger partial charge in [0.2, 0.25) is 0 Å². The molecule has 0 spiro atoms. The first-order valence-electron chi connectivity index (χ1n) is 9.45. The molecule has 2 aliphatic rings. The molecule has 142 valence electrons. The third-order valence-corrected chi connectivity index (χ3v) is 5.51. The lowest BCUT2D eigenvalue weighted by Gasteiger charge is -2.15. The molecule has 0 radical (unpaired) electrons. The van der Waals surface area contributed by atoms with Gasteiger partial charge in [0, 0.05) is 16.1 Å². The number of nitrogens with one attached hydrogen (secondary N) is 1. The highest BCUT2D eigenvalue weighted by molar-refractivity contribution is 6.35. The molecule has 0 unspecified atom stereocenters. The minimum absolute atomic E-state index is 0.310. The highest BCUT2D eigenvalue weighted by atomic mass is 35.5. The number of benzene rings is 2. The molecule has 2 heterocycles. The van der Waals surface area contributed by atoms with Crippen LogP contribution >= 0.6 is 11.6 Å². The van der Waals surface area contributed by atoms with Crippen molar-refractivity contribution in [1.29, 1.82) is 0 Å². The molecule has 5 rings (SSSR count). The molecule has 2 aromatic carbocycles. The molecule has 5 nitrogen and oxygen atoms in total. The van der Waals surface area contributed by atoms with E-state index in [4.69, 9.17) is 16.6 Å². The number of hydrogen-bond donors (Lipinski definition) is 1. The number of aliphatic imine (C=N–C) groups is 1. The lowest BCUT2D eigenvalue weighted by molar-refractivity contribution is 0.592. The summed E-state index contributed by atoms with van der Waals surface area (Å²) in [7, 11) is 0. The second kappa shape index (κ2) is 7.11. The van der Waals surface area contributed by atoms with Gasteiger partial charge < -0.3 is 5.32 Å². The van der Waals surface area contributed by atoms with E-state index < -0.39 is 0 Å². The Balaban J connectivity index is 1.61. The van der Waals surface area contributed by atoms with Crippen LogP contribution in [0, 0.1) is 11.7 Å². The van der Waals surface area contributed by atoms with E-state index in [-0.39, 0.29) is 5.82 Å². The van der Waals surface area contributed by atoms with Gasteiger partial charge in [-0.1, -0.05) is 41.9 Å². The van der Waals surface area contributed by atoms with Gasteiger partial charge in [0.25, 0.3) is 0 Å². The third kappa shape index (κ3) is 3.12. The molecule has 0 bridgehead atoms. The fourth-order valence-corrected chi connectivity index (χ4v) is 3.82. The predicted octanol–water partition coefficient (Wildman–Crippen LogP) is 3.91. The molecule has 28 heavy (non-hydrogen) atoms. The normalized spacial score (nSPS) is 15.6. The second-order valence-corrected chi connectivity index (χ2v) is 7.63. The molecular formula is C21H19ClFN5. The topological polar surface area (TPSA) is 55.1 Å². The van der Waals surface area contributed by atoms with Crippen LogP contribution in [0.15, 0.2) is 47.5 Å². The van der Waals surface area contributed by atoms with Crippen LogP contribution in [-0.2, 0) is 13.1 Å². The molecular weight excluding hydrogens is 377 g/mol. The Bertz CT molecular complexity index is 1070. The van der Waals surface area contributed by atoms with E-state index in [2.05, 4.69) is 15.5 Å². The van der Waals surface area contributed by atoms with Crippen molar-refractivity contribution in [1.82, 2.24) is 20.1 Å². The lowest BCUT2D eigenvalue weighted by Crippen LogP contribution is -2.20. The molecule has 1 fully saturated rings. The molecule has 7 heteroatoms. The average Bonchev–Trinajstić information content (AvgIpc) is 3.46. The number of nitrogens with zero attached hydrogens (tertiary/aromatic N) is 4. The number of para-hydroxylation sites is 1. The SMILES string of the molecule is Fc1cccc2c1-n1c(nnc1CNCC1CC1)CN=C2c1ccccc1Cl. The molecule has 1 aromatic heterocycles. The maximum absolute atomic E-state index is 15.1. The number of aromatic nitrogens is 3. The summed E-state index contributed by atoms with van der Waals surface area (Å²) in [5.74, 6) is 1.74. The first-order valence-corrected chi connectivity index (χ1v) is 9.82. The minimum Gasteiger partial charge on any atom is -0.310 e. The van der Waals surface area contributed by atoms with E-state index in [1.165, 1.54) is 18.9 Å². The number of halogens is 2. The van der Waals surface area contributed by atoms with Crippen molar-refractivity contribution in [2.75, 3.05) is 6.54 Å². The van der Waals surface area contributed by atoms with Crippen molar-refractivity contribution in [2.45, 2.75) is 25.9 Å². The van der Waals surface area contributed by atoms with Crippen molar-refractivity contribution in [3.63, 3.8) is 0 Å². The van der Waals surface area contributed by atoms with Gasteiger partial charge in [0.15, 0.2) is 11.6 Å². The summed E-state index contributed by atoms with van der Waals surface area (Å²) in [5, 5.41) is 12.6. The molecule has 1 aliphatic heterocycles. The second-order valence-electron chi connectivity index (χ2n) is 7.22. The summed E-state index contributed by atoms with van der Waals surface area (Å²) in [5.41, 5.74) is 2.57. The molecule has 0 atom stereocenters. The Morgan fingerprint density at radius 1 is 1.07 bits per heavy atom. The first-order chi connectivity index (χ1) is 13.7. The average molecular weight is 396 g/mol. The molecule has 1 aliphatic carbocycles.